The molecule has 3 rings (SSSR count). The molecule has 84 valence electrons. The van der Waals surface area contributed by atoms with Gasteiger partial charge in [0.2, 0.25) is 0 Å². The summed E-state index contributed by atoms with van der Waals surface area (Å²) in [6.07, 6.45) is 4.86. The third kappa shape index (κ3) is 1.03. The van der Waals surface area contributed by atoms with E-state index in [9.17, 15) is 14.4 Å². The Morgan fingerprint density at radius 2 is 1.75 bits per heavy atom. The van der Waals surface area contributed by atoms with Gasteiger partial charge >= 0.3 is 5.97 Å². The van der Waals surface area contributed by atoms with Crippen molar-refractivity contribution in [1.29, 1.82) is 0 Å². The Labute approximate surface area is 92.0 Å². The van der Waals surface area contributed by atoms with Gasteiger partial charge < -0.3 is 4.84 Å². The van der Waals surface area contributed by atoms with Crippen LogP contribution < -0.4 is 0 Å². The normalized spacial score (nSPS) is 39.4. The molecule has 16 heavy (non-hydrogen) atoms. The zero-order chi connectivity index (χ0) is 11.4. The first kappa shape index (κ1) is 9.57. The smallest absolute Gasteiger partial charge is 0.330 e. The lowest BCUT2D eigenvalue weighted by Crippen LogP contribution is -2.34. The quantitative estimate of drug-likeness (QED) is 0.471. The third-order valence-electron chi connectivity index (χ3n) is 3.65. The topological polar surface area (TPSA) is 63.7 Å². The second-order valence-corrected chi connectivity index (χ2v) is 4.55. The van der Waals surface area contributed by atoms with E-state index in [0.29, 0.717) is 5.06 Å². The molecular formula is C11H11NO4. The number of allylic oxidation sites excluding steroid dienone is 2. The van der Waals surface area contributed by atoms with Gasteiger partial charge in [-0.25, -0.2) is 4.79 Å². The predicted octanol–water partition coefficient (Wildman–Crippen LogP) is 0.272. The summed E-state index contributed by atoms with van der Waals surface area (Å²) in [6, 6.07) is 0. The number of hydrogen-bond donors (Lipinski definition) is 0. The highest BCUT2D eigenvalue weighted by Gasteiger charge is 2.60. The van der Waals surface area contributed by atoms with Crippen LogP contribution in [0, 0.1) is 23.7 Å². The molecule has 1 saturated carbocycles. The van der Waals surface area contributed by atoms with Crippen molar-refractivity contribution < 1.29 is 19.2 Å². The largest absolute Gasteiger partial charge is 0.331 e. The van der Waals surface area contributed by atoms with E-state index in [4.69, 9.17) is 0 Å². The molecule has 2 fully saturated rings. The minimum absolute atomic E-state index is 0.145. The van der Waals surface area contributed by atoms with Crippen LogP contribution in [0.3, 0.4) is 0 Å². The second kappa shape index (κ2) is 2.93. The highest BCUT2D eigenvalue weighted by atomic mass is 16.7. The molecule has 1 saturated heterocycles. The van der Waals surface area contributed by atoms with E-state index < -0.39 is 5.97 Å². The van der Waals surface area contributed by atoms with E-state index in [0.717, 1.165) is 6.42 Å². The van der Waals surface area contributed by atoms with Crippen molar-refractivity contribution in [1.82, 2.24) is 5.06 Å². The van der Waals surface area contributed by atoms with E-state index >= 15 is 0 Å². The summed E-state index contributed by atoms with van der Waals surface area (Å²) in [5, 5.41) is 0.657. The average molecular weight is 221 g/mol. The molecular weight excluding hydrogens is 210 g/mol. The third-order valence-corrected chi connectivity index (χ3v) is 3.65. The predicted molar refractivity (Wildman–Crippen MR) is 51.3 cm³/mol. The standard InChI is InChI=1S/C11H11NO4/c1-5(13)16-12-10(14)8-6-2-3-7(4-6)9(8)11(12)15/h2-3,6-9H,4H2,1H3/t6-,7-,8+,9+/m0/s1. The molecule has 2 bridgehead atoms. The molecule has 1 heterocycles. The highest BCUT2D eigenvalue weighted by Crippen LogP contribution is 2.52. The van der Waals surface area contributed by atoms with Crippen LogP contribution >= 0.6 is 0 Å². The summed E-state index contributed by atoms with van der Waals surface area (Å²) in [5.74, 6) is -1.67. The minimum atomic E-state index is -0.637. The van der Waals surface area contributed by atoms with Crippen LogP contribution in [0.4, 0.5) is 0 Å². The van der Waals surface area contributed by atoms with Crippen LogP contribution in [-0.2, 0) is 19.2 Å². The van der Waals surface area contributed by atoms with Crippen molar-refractivity contribution in [2.24, 2.45) is 23.7 Å². The first-order valence-electron chi connectivity index (χ1n) is 5.34. The fraction of sp³-hybridized carbons (Fsp3) is 0.545. The Morgan fingerprint density at radius 1 is 1.25 bits per heavy atom. The summed E-state index contributed by atoms with van der Waals surface area (Å²) in [6.45, 7) is 1.18. The highest BCUT2D eigenvalue weighted by molar-refractivity contribution is 6.06. The van der Waals surface area contributed by atoms with Gasteiger partial charge in [-0.3, -0.25) is 9.59 Å². The summed E-state index contributed by atoms with van der Waals surface area (Å²) >= 11 is 0. The number of imide groups is 1. The van der Waals surface area contributed by atoms with Crippen molar-refractivity contribution in [2.45, 2.75) is 13.3 Å². The second-order valence-electron chi connectivity index (χ2n) is 4.55. The van der Waals surface area contributed by atoms with Gasteiger partial charge in [-0.1, -0.05) is 12.2 Å². The van der Waals surface area contributed by atoms with E-state index in [-0.39, 0.29) is 35.5 Å². The number of rotatable bonds is 1. The maximum Gasteiger partial charge on any atom is 0.330 e. The molecule has 0 unspecified atom stereocenters. The average Bonchev–Trinajstić information content (AvgIpc) is 2.87. The van der Waals surface area contributed by atoms with Crippen molar-refractivity contribution in [2.75, 3.05) is 0 Å². The molecule has 0 aromatic heterocycles. The molecule has 2 aliphatic carbocycles. The van der Waals surface area contributed by atoms with Gasteiger partial charge in [0, 0.05) is 6.92 Å². The number of nitrogens with zero attached hydrogens (tertiary/aromatic N) is 1. The van der Waals surface area contributed by atoms with Gasteiger partial charge in [-0.05, 0) is 18.3 Å². The van der Waals surface area contributed by atoms with E-state index in [1.165, 1.54) is 6.92 Å². The maximum atomic E-state index is 11.9. The Hall–Kier alpha value is -1.65. The van der Waals surface area contributed by atoms with Crippen LogP contribution in [0.15, 0.2) is 12.2 Å². The van der Waals surface area contributed by atoms with Gasteiger partial charge in [-0.15, -0.1) is 5.06 Å². The van der Waals surface area contributed by atoms with Gasteiger partial charge in [0.05, 0.1) is 11.8 Å². The molecule has 5 heteroatoms. The SMILES string of the molecule is CC(=O)ON1C(=O)[C@H]2[C@H](C1=O)[C@H]1C=C[C@H]2C1. The molecule has 4 atom stereocenters. The Balaban J connectivity index is 1.91. The molecule has 3 aliphatic rings. The number of hydrogen-bond acceptors (Lipinski definition) is 4. The number of amides is 2. The number of hydroxylamine groups is 2. The molecule has 2 amide bonds. The number of carbonyl (C=O) groups excluding carboxylic acids is 3. The minimum Gasteiger partial charge on any atom is -0.331 e. The fourth-order valence-corrected chi connectivity index (χ4v) is 3.09. The molecule has 0 N–H and O–H groups in total. The number of fused-ring (bicyclic) bond motifs is 5. The summed E-state index contributed by atoms with van der Waals surface area (Å²) in [7, 11) is 0. The lowest BCUT2D eigenvalue weighted by Gasteiger charge is -2.14. The van der Waals surface area contributed by atoms with Gasteiger partial charge in [-0.2, -0.15) is 0 Å². The van der Waals surface area contributed by atoms with E-state index in [1.54, 1.807) is 0 Å². The maximum absolute atomic E-state index is 11.9. The van der Waals surface area contributed by atoms with Crippen LogP contribution in [0.5, 0.6) is 0 Å². The zero-order valence-corrected chi connectivity index (χ0v) is 8.75. The van der Waals surface area contributed by atoms with Crippen LogP contribution in [0.1, 0.15) is 13.3 Å². The molecule has 0 radical (unpaired) electrons. The summed E-state index contributed by atoms with van der Waals surface area (Å²) in [4.78, 5) is 39.3. The Bertz CT molecular complexity index is 398. The van der Waals surface area contributed by atoms with Crippen molar-refractivity contribution in [3.63, 3.8) is 0 Å². The Kier molecular flexibility index (Phi) is 1.75. The van der Waals surface area contributed by atoms with Crippen molar-refractivity contribution in [3.8, 4) is 0 Å². The fourth-order valence-electron chi connectivity index (χ4n) is 3.09. The lowest BCUT2D eigenvalue weighted by atomic mass is 9.85. The van der Waals surface area contributed by atoms with Gasteiger partial charge in [0.15, 0.2) is 0 Å². The lowest BCUT2D eigenvalue weighted by molar-refractivity contribution is -0.197. The monoisotopic (exact) mass is 221 g/mol. The molecule has 1 aliphatic heterocycles. The molecule has 5 nitrogen and oxygen atoms in total. The van der Waals surface area contributed by atoms with Crippen LogP contribution in [-0.4, -0.2) is 22.8 Å². The first-order chi connectivity index (χ1) is 7.59. The zero-order valence-electron chi connectivity index (χ0n) is 8.75. The Morgan fingerprint density at radius 3 is 2.19 bits per heavy atom. The van der Waals surface area contributed by atoms with Crippen molar-refractivity contribution >= 4 is 17.8 Å². The number of carbonyl (C=O) groups is 3. The van der Waals surface area contributed by atoms with Crippen LogP contribution in [0.2, 0.25) is 0 Å². The molecule has 0 aromatic rings. The summed E-state index contributed by atoms with van der Waals surface area (Å²) in [5.41, 5.74) is 0. The summed E-state index contributed by atoms with van der Waals surface area (Å²) < 4.78 is 0. The van der Waals surface area contributed by atoms with Crippen LogP contribution in [0.25, 0.3) is 0 Å². The van der Waals surface area contributed by atoms with E-state index in [1.807, 2.05) is 12.2 Å². The molecule has 0 aromatic carbocycles. The molecule has 0 spiro atoms. The van der Waals surface area contributed by atoms with E-state index in [2.05, 4.69) is 4.84 Å². The van der Waals surface area contributed by atoms with Gasteiger partial charge in [0.1, 0.15) is 0 Å². The van der Waals surface area contributed by atoms with Gasteiger partial charge in [0.25, 0.3) is 11.8 Å². The first-order valence-corrected chi connectivity index (χ1v) is 5.34. The van der Waals surface area contributed by atoms with Crippen molar-refractivity contribution in [3.05, 3.63) is 12.2 Å².